The first-order chi connectivity index (χ1) is 7.49. The number of allylic oxidation sites excluding steroid dienone is 1. The van der Waals surface area contributed by atoms with Gasteiger partial charge in [0.15, 0.2) is 0 Å². The lowest BCUT2D eigenvalue weighted by atomic mass is 9.73. The van der Waals surface area contributed by atoms with Crippen LogP contribution in [0.4, 0.5) is 8.78 Å². The van der Waals surface area contributed by atoms with Crippen LogP contribution in [0.3, 0.4) is 0 Å². The van der Waals surface area contributed by atoms with Crippen LogP contribution in [0.25, 0.3) is 0 Å². The molecule has 1 nitrogen and oxygen atoms in total. The average Bonchev–Trinajstić information content (AvgIpc) is 2.56. The van der Waals surface area contributed by atoms with E-state index in [0.29, 0.717) is 19.3 Å². The number of likely N-dealkylation sites (tertiary alicyclic amines) is 1. The predicted octanol–water partition coefficient (Wildman–Crippen LogP) is 3.46. The van der Waals surface area contributed by atoms with E-state index in [1.807, 2.05) is 11.8 Å². The van der Waals surface area contributed by atoms with Crippen LogP contribution in [0.5, 0.6) is 0 Å². The molecule has 2 aliphatic rings. The number of hydrogen-bond donors (Lipinski definition) is 0. The van der Waals surface area contributed by atoms with Crippen molar-refractivity contribution >= 4 is 0 Å². The third kappa shape index (κ3) is 1.90. The van der Waals surface area contributed by atoms with Gasteiger partial charge in [-0.05, 0) is 45.2 Å². The maximum Gasteiger partial charge on any atom is 0.266 e. The van der Waals surface area contributed by atoms with Crippen LogP contribution in [-0.2, 0) is 0 Å². The second-order valence-corrected chi connectivity index (χ2v) is 5.44. The molecule has 1 heterocycles. The minimum absolute atomic E-state index is 0.0475. The van der Waals surface area contributed by atoms with Crippen molar-refractivity contribution in [2.75, 3.05) is 19.6 Å². The number of halogens is 2. The van der Waals surface area contributed by atoms with E-state index in [0.717, 1.165) is 31.5 Å². The molecular formula is C13H21F2N. The van der Waals surface area contributed by atoms with Crippen molar-refractivity contribution in [3.63, 3.8) is 0 Å². The molecule has 1 atom stereocenters. The van der Waals surface area contributed by atoms with Crippen molar-refractivity contribution in [3.05, 3.63) is 12.2 Å². The van der Waals surface area contributed by atoms with Crippen LogP contribution in [0, 0.1) is 5.41 Å². The highest BCUT2D eigenvalue weighted by molar-refractivity contribution is 5.14. The summed E-state index contributed by atoms with van der Waals surface area (Å²) in [7, 11) is 0. The molecule has 92 valence electrons. The van der Waals surface area contributed by atoms with E-state index in [-0.39, 0.29) is 6.54 Å². The van der Waals surface area contributed by atoms with Crippen molar-refractivity contribution in [2.24, 2.45) is 5.41 Å². The number of piperidine rings is 1. The number of rotatable bonds is 2. The Balaban J connectivity index is 2.10. The SMILES string of the molecule is C=C1CCC2(CCN(CCC)CC2(F)F)C1. The molecule has 0 radical (unpaired) electrons. The van der Waals surface area contributed by atoms with Gasteiger partial charge in [0.05, 0.1) is 6.54 Å². The lowest BCUT2D eigenvalue weighted by Crippen LogP contribution is -2.54. The van der Waals surface area contributed by atoms with E-state index >= 15 is 0 Å². The van der Waals surface area contributed by atoms with E-state index < -0.39 is 11.3 Å². The molecule has 1 unspecified atom stereocenters. The van der Waals surface area contributed by atoms with E-state index in [1.54, 1.807) is 0 Å². The van der Waals surface area contributed by atoms with Gasteiger partial charge in [-0.3, -0.25) is 4.90 Å². The Hall–Kier alpha value is -0.440. The summed E-state index contributed by atoms with van der Waals surface area (Å²) in [6, 6.07) is 0. The molecule has 16 heavy (non-hydrogen) atoms. The second-order valence-electron chi connectivity index (χ2n) is 5.44. The third-order valence-electron chi connectivity index (χ3n) is 4.19. The summed E-state index contributed by atoms with van der Waals surface area (Å²) in [4.78, 5) is 1.91. The topological polar surface area (TPSA) is 3.24 Å². The van der Waals surface area contributed by atoms with Crippen molar-refractivity contribution in [1.29, 1.82) is 0 Å². The normalized spacial score (nSPS) is 34.8. The van der Waals surface area contributed by atoms with Gasteiger partial charge in [0.2, 0.25) is 0 Å². The summed E-state index contributed by atoms with van der Waals surface area (Å²) in [6.07, 6.45) is 3.57. The Morgan fingerprint density at radius 2 is 2.12 bits per heavy atom. The fourth-order valence-electron chi connectivity index (χ4n) is 3.19. The van der Waals surface area contributed by atoms with Crippen molar-refractivity contribution < 1.29 is 8.78 Å². The van der Waals surface area contributed by atoms with Gasteiger partial charge < -0.3 is 0 Å². The maximum atomic E-state index is 14.2. The van der Waals surface area contributed by atoms with E-state index in [4.69, 9.17) is 0 Å². The highest BCUT2D eigenvalue weighted by Gasteiger charge is 2.57. The predicted molar refractivity (Wildman–Crippen MR) is 61.7 cm³/mol. The summed E-state index contributed by atoms with van der Waals surface area (Å²) in [5, 5.41) is 0. The summed E-state index contributed by atoms with van der Waals surface area (Å²) in [5.41, 5.74) is 0.262. The van der Waals surface area contributed by atoms with Crippen LogP contribution in [-0.4, -0.2) is 30.5 Å². The largest absolute Gasteiger partial charge is 0.297 e. The van der Waals surface area contributed by atoms with Crippen LogP contribution < -0.4 is 0 Å². The van der Waals surface area contributed by atoms with E-state index in [9.17, 15) is 8.78 Å². The standard InChI is InChI=1S/C13H21F2N/c1-3-7-16-8-6-12(13(14,15)10-16)5-4-11(2)9-12/h2-10H2,1H3. The fourth-order valence-corrected chi connectivity index (χ4v) is 3.19. The van der Waals surface area contributed by atoms with Crippen molar-refractivity contribution in [3.8, 4) is 0 Å². The van der Waals surface area contributed by atoms with Gasteiger partial charge in [-0.15, -0.1) is 0 Å². The molecule has 1 spiro atoms. The molecule has 1 aliphatic heterocycles. The van der Waals surface area contributed by atoms with Gasteiger partial charge in [-0.1, -0.05) is 19.1 Å². The van der Waals surface area contributed by atoms with Gasteiger partial charge in [0.25, 0.3) is 5.92 Å². The van der Waals surface area contributed by atoms with Gasteiger partial charge in [-0.25, -0.2) is 8.78 Å². The molecule has 2 fully saturated rings. The molecule has 0 bridgehead atoms. The van der Waals surface area contributed by atoms with Crippen LogP contribution in [0.15, 0.2) is 12.2 Å². The summed E-state index contributed by atoms with van der Waals surface area (Å²) < 4.78 is 28.5. The third-order valence-corrected chi connectivity index (χ3v) is 4.19. The molecule has 0 aromatic heterocycles. The molecular weight excluding hydrogens is 208 g/mol. The number of alkyl halides is 2. The summed E-state index contributed by atoms with van der Waals surface area (Å²) in [6.45, 7) is 7.50. The van der Waals surface area contributed by atoms with Crippen molar-refractivity contribution in [1.82, 2.24) is 4.90 Å². The Morgan fingerprint density at radius 3 is 2.62 bits per heavy atom. The van der Waals surface area contributed by atoms with Gasteiger partial charge >= 0.3 is 0 Å². The molecule has 0 N–H and O–H groups in total. The Morgan fingerprint density at radius 1 is 1.38 bits per heavy atom. The Labute approximate surface area is 96.5 Å². The fraction of sp³-hybridized carbons (Fsp3) is 0.846. The Bertz CT molecular complexity index is 288. The lowest BCUT2D eigenvalue weighted by molar-refractivity contribution is -0.165. The minimum atomic E-state index is -2.53. The zero-order valence-electron chi connectivity index (χ0n) is 10.1. The molecule has 1 saturated heterocycles. The quantitative estimate of drug-likeness (QED) is 0.655. The molecule has 1 aliphatic carbocycles. The van der Waals surface area contributed by atoms with Crippen LogP contribution >= 0.6 is 0 Å². The van der Waals surface area contributed by atoms with Crippen LogP contribution in [0.1, 0.15) is 39.0 Å². The van der Waals surface area contributed by atoms with Gasteiger partial charge in [-0.2, -0.15) is 0 Å². The van der Waals surface area contributed by atoms with Crippen LogP contribution in [0.2, 0.25) is 0 Å². The van der Waals surface area contributed by atoms with E-state index in [2.05, 4.69) is 6.58 Å². The Kier molecular flexibility index (Phi) is 3.08. The first-order valence-corrected chi connectivity index (χ1v) is 6.26. The zero-order chi connectivity index (χ0) is 11.8. The number of nitrogens with zero attached hydrogens (tertiary/aromatic N) is 1. The van der Waals surface area contributed by atoms with E-state index in [1.165, 1.54) is 0 Å². The van der Waals surface area contributed by atoms with Gasteiger partial charge in [0, 0.05) is 5.41 Å². The average molecular weight is 229 g/mol. The molecule has 3 heteroatoms. The lowest BCUT2D eigenvalue weighted by Gasteiger charge is -2.45. The molecule has 1 saturated carbocycles. The first-order valence-electron chi connectivity index (χ1n) is 6.26. The van der Waals surface area contributed by atoms with Crippen molar-refractivity contribution in [2.45, 2.75) is 45.0 Å². The highest BCUT2D eigenvalue weighted by atomic mass is 19.3. The second kappa shape index (κ2) is 4.10. The smallest absolute Gasteiger partial charge is 0.266 e. The molecule has 0 aromatic rings. The summed E-state index contributed by atoms with van der Waals surface area (Å²) in [5.74, 6) is -2.53. The first kappa shape index (κ1) is 12.0. The number of hydrogen-bond acceptors (Lipinski definition) is 1. The minimum Gasteiger partial charge on any atom is -0.297 e. The molecule has 0 aromatic carbocycles. The monoisotopic (exact) mass is 229 g/mol. The highest BCUT2D eigenvalue weighted by Crippen LogP contribution is 2.55. The summed E-state index contributed by atoms with van der Waals surface area (Å²) >= 11 is 0. The molecule has 0 amide bonds. The zero-order valence-corrected chi connectivity index (χ0v) is 10.1. The molecule has 2 rings (SSSR count). The maximum absolute atomic E-state index is 14.2. The van der Waals surface area contributed by atoms with Gasteiger partial charge in [0.1, 0.15) is 0 Å².